The highest BCUT2D eigenvalue weighted by Crippen LogP contribution is 2.43. The van der Waals surface area contributed by atoms with Crippen molar-refractivity contribution in [2.45, 2.75) is 32.1 Å². The molecule has 0 amide bonds. The van der Waals surface area contributed by atoms with Crippen LogP contribution in [0.25, 0.3) is 0 Å². The van der Waals surface area contributed by atoms with Gasteiger partial charge in [0, 0.05) is 18.5 Å². The average Bonchev–Trinajstić information content (AvgIpc) is 2.42. The zero-order valence-electron chi connectivity index (χ0n) is 8.98. The molecule has 14 heavy (non-hydrogen) atoms. The first-order chi connectivity index (χ1) is 6.71. The fraction of sp³-hybridized carbons (Fsp3) is 0.538. The van der Waals surface area contributed by atoms with Gasteiger partial charge in [-0.25, -0.2) is 0 Å². The Morgan fingerprint density at radius 2 is 2.00 bits per heavy atom. The Labute approximate surface area is 85.5 Å². The number of hydrogen-bond donors (Lipinski definition) is 1. The molecule has 0 atom stereocenters. The maximum Gasteiger partial charge on any atom is 0.0208 e. The summed E-state index contributed by atoms with van der Waals surface area (Å²) in [4.78, 5) is 0. The van der Waals surface area contributed by atoms with Gasteiger partial charge < -0.3 is 5.32 Å². The van der Waals surface area contributed by atoms with Gasteiger partial charge in [0.25, 0.3) is 0 Å². The Bertz CT molecular complexity index is 388. The third kappa shape index (κ3) is 0.936. The normalized spacial score (nSPS) is 22.1. The smallest absolute Gasteiger partial charge is 0.0208 e. The first kappa shape index (κ1) is 8.49. The van der Waals surface area contributed by atoms with Crippen LogP contribution in [0.3, 0.4) is 0 Å². The molecule has 1 nitrogen and oxygen atoms in total. The Kier molecular flexibility index (Phi) is 1.58. The molecule has 0 aromatic heterocycles. The van der Waals surface area contributed by atoms with E-state index in [1.807, 2.05) is 0 Å². The van der Waals surface area contributed by atoms with Gasteiger partial charge in [-0.2, -0.15) is 0 Å². The maximum atomic E-state index is 3.42. The quantitative estimate of drug-likeness (QED) is 0.656. The van der Waals surface area contributed by atoms with Crippen molar-refractivity contribution in [1.29, 1.82) is 0 Å². The van der Waals surface area contributed by atoms with Gasteiger partial charge in [0.2, 0.25) is 0 Å². The minimum atomic E-state index is 0.520. The molecule has 1 N–H and O–H groups in total. The van der Waals surface area contributed by atoms with Gasteiger partial charge in [0.15, 0.2) is 0 Å². The molecule has 1 aliphatic heterocycles. The van der Waals surface area contributed by atoms with Crippen molar-refractivity contribution in [3.63, 3.8) is 0 Å². The second kappa shape index (κ2) is 2.60. The summed E-state index contributed by atoms with van der Waals surface area (Å²) in [6.45, 7) is 6.87. The Balaban J connectivity index is 2.18. The summed E-state index contributed by atoms with van der Waals surface area (Å²) in [5, 5.41) is 3.42. The van der Waals surface area contributed by atoms with Crippen LogP contribution < -0.4 is 5.32 Å². The van der Waals surface area contributed by atoms with Crippen molar-refractivity contribution in [2.24, 2.45) is 0 Å². The lowest BCUT2D eigenvalue weighted by atomic mass is 9.76. The standard InChI is InChI=1S/C13H17N/c1-9-5-10(2)11-3-4-13(7-14-8-13)12(11)6-9/h5-6,14H,3-4,7-8H2,1-2H3. The van der Waals surface area contributed by atoms with E-state index in [0.717, 1.165) is 0 Å². The Morgan fingerprint density at radius 3 is 2.64 bits per heavy atom. The number of nitrogens with one attached hydrogen (secondary N) is 1. The number of benzene rings is 1. The van der Waals surface area contributed by atoms with Crippen molar-refractivity contribution in [3.8, 4) is 0 Å². The fourth-order valence-corrected chi connectivity index (χ4v) is 3.10. The topological polar surface area (TPSA) is 12.0 Å². The first-order valence-corrected chi connectivity index (χ1v) is 5.53. The van der Waals surface area contributed by atoms with E-state index in [0.29, 0.717) is 5.41 Å². The zero-order valence-corrected chi connectivity index (χ0v) is 8.98. The molecule has 1 heterocycles. The van der Waals surface area contributed by atoms with Crippen LogP contribution in [0, 0.1) is 13.8 Å². The number of hydrogen-bond acceptors (Lipinski definition) is 1. The molecule has 2 aliphatic rings. The molecule has 1 heteroatoms. The molecule has 1 aromatic carbocycles. The monoisotopic (exact) mass is 187 g/mol. The molecule has 0 saturated carbocycles. The van der Waals surface area contributed by atoms with Crippen molar-refractivity contribution in [1.82, 2.24) is 5.32 Å². The third-order valence-corrected chi connectivity index (χ3v) is 3.97. The summed E-state index contributed by atoms with van der Waals surface area (Å²) >= 11 is 0. The largest absolute Gasteiger partial charge is 0.315 e. The van der Waals surface area contributed by atoms with E-state index < -0.39 is 0 Å². The van der Waals surface area contributed by atoms with Gasteiger partial charge in [-0.05, 0) is 43.4 Å². The molecule has 1 fully saturated rings. The molecular formula is C13H17N. The van der Waals surface area contributed by atoms with Crippen LogP contribution in [-0.2, 0) is 11.8 Å². The van der Waals surface area contributed by atoms with Crippen molar-refractivity contribution in [2.75, 3.05) is 13.1 Å². The second-order valence-corrected chi connectivity index (χ2v) is 4.99. The predicted molar refractivity (Wildman–Crippen MR) is 58.8 cm³/mol. The highest BCUT2D eigenvalue weighted by Gasteiger charge is 2.43. The summed E-state index contributed by atoms with van der Waals surface area (Å²) in [5.74, 6) is 0. The lowest BCUT2D eigenvalue weighted by Gasteiger charge is -2.40. The molecule has 74 valence electrons. The molecule has 0 bridgehead atoms. The van der Waals surface area contributed by atoms with Gasteiger partial charge >= 0.3 is 0 Å². The van der Waals surface area contributed by atoms with Crippen LogP contribution in [0.4, 0.5) is 0 Å². The molecule has 1 aromatic rings. The predicted octanol–water partition coefficient (Wildman–Crippen LogP) is 2.09. The molecule has 0 radical (unpaired) electrons. The number of fused-ring (bicyclic) bond motifs is 2. The van der Waals surface area contributed by atoms with Gasteiger partial charge in [-0.15, -0.1) is 0 Å². The minimum Gasteiger partial charge on any atom is -0.315 e. The summed E-state index contributed by atoms with van der Waals surface area (Å²) in [6, 6.07) is 4.74. The van der Waals surface area contributed by atoms with E-state index in [4.69, 9.17) is 0 Å². The molecule has 3 rings (SSSR count). The summed E-state index contributed by atoms with van der Waals surface area (Å²) in [5.41, 5.74) is 6.73. The molecule has 1 saturated heterocycles. The highest BCUT2D eigenvalue weighted by molar-refractivity contribution is 5.48. The summed E-state index contributed by atoms with van der Waals surface area (Å²) in [7, 11) is 0. The lowest BCUT2D eigenvalue weighted by Crippen LogP contribution is -2.55. The molecule has 1 spiro atoms. The van der Waals surface area contributed by atoms with Gasteiger partial charge in [0.05, 0.1) is 0 Å². The molecular weight excluding hydrogens is 170 g/mol. The van der Waals surface area contributed by atoms with Gasteiger partial charge in [0.1, 0.15) is 0 Å². The first-order valence-electron chi connectivity index (χ1n) is 5.53. The highest BCUT2D eigenvalue weighted by atomic mass is 15.0. The van der Waals surface area contributed by atoms with Crippen molar-refractivity contribution in [3.05, 3.63) is 34.4 Å². The van der Waals surface area contributed by atoms with Crippen LogP contribution >= 0.6 is 0 Å². The van der Waals surface area contributed by atoms with Crippen molar-refractivity contribution >= 4 is 0 Å². The molecule has 0 unspecified atom stereocenters. The Morgan fingerprint density at radius 1 is 1.21 bits per heavy atom. The minimum absolute atomic E-state index is 0.520. The van der Waals surface area contributed by atoms with E-state index in [1.165, 1.54) is 37.1 Å². The number of rotatable bonds is 0. The van der Waals surface area contributed by atoms with E-state index >= 15 is 0 Å². The van der Waals surface area contributed by atoms with Crippen LogP contribution in [0.15, 0.2) is 12.1 Å². The van der Waals surface area contributed by atoms with Crippen LogP contribution in [0.2, 0.25) is 0 Å². The second-order valence-electron chi connectivity index (χ2n) is 4.99. The lowest BCUT2D eigenvalue weighted by molar-refractivity contribution is 0.276. The fourth-order valence-electron chi connectivity index (χ4n) is 3.10. The summed E-state index contributed by atoms with van der Waals surface area (Å²) < 4.78 is 0. The number of aryl methyl sites for hydroxylation is 2. The Hall–Kier alpha value is -0.820. The molecule has 1 aliphatic carbocycles. The van der Waals surface area contributed by atoms with E-state index in [9.17, 15) is 0 Å². The SMILES string of the molecule is Cc1cc(C)c2c(c1)C1(CC2)CNC1. The third-order valence-electron chi connectivity index (χ3n) is 3.97. The van der Waals surface area contributed by atoms with E-state index in [-0.39, 0.29) is 0 Å². The van der Waals surface area contributed by atoms with E-state index in [2.05, 4.69) is 31.3 Å². The maximum absolute atomic E-state index is 3.42. The van der Waals surface area contributed by atoms with Gasteiger partial charge in [-0.3, -0.25) is 0 Å². The van der Waals surface area contributed by atoms with Crippen molar-refractivity contribution < 1.29 is 0 Å². The zero-order chi connectivity index (χ0) is 9.76. The van der Waals surface area contributed by atoms with E-state index in [1.54, 1.807) is 11.1 Å². The van der Waals surface area contributed by atoms with Crippen LogP contribution in [-0.4, -0.2) is 13.1 Å². The average molecular weight is 187 g/mol. The van der Waals surface area contributed by atoms with Crippen LogP contribution in [0.1, 0.15) is 28.7 Å². The van der Waals surface area contributed by atoms with Crippen LogP contribution in [0.5, 0.6) is 0 Å². The summed E-state index contributed by atoms with van der Waals surface area (Å²) in [6.07, 6.45) is 2.66. The van der Waals surface area contributed by atoms with Gasteiger partial charge in [-0.1, -0.05) is 17.7 Å².